The van der Waals surface area contributed by atoms with Gasteiger partial charge in [-0.05, 0) is 36.8 Å². The Morgan fingerprint density at radius 3 is 2.47 bits per heavy atom. The van der Waals surface area contributed by atoms with Crippen molar-refractivity contribution < 1.29 is 9.47 Å². The zero-order chi connectivity index (χ0) is 25.6. The van der Waals surface area contributed by atoms with Gasteiger partial charge in [-0.2, -0.15) is 9.97 Å². The minimum absolute atomic E-state index is 0.237. The number of ether oxygens (including phenoxy) is 2. The van der Waals surface area contributed by atoms with Crippen LogP contribution in [0.5, 0.6) is 0 Å². The normalized spacial score (nSPS) is 20.1. The van der Waals surface area contributed by atoms with Crippen LogP contribution in [-0.2, 0) is 16.0 Å². The molecule has 0 radical (unpaired) electrons. The monoisotopic (exact) mass is 533 g/mol. The van der Waals surface area contributed by atoms with Crippen LogP contribution >= 0.6 is 11.3 Å². The lowest BCUT2D eigenvalue weighted by Crippen LogP contribution is -2.50. The van der Waals surface area contributed by atoms with Crippen molar-refractivity contribution in [2.75, 3.05) is 57.5 Å². The first-order valence-corrected chi connectivity index (χ1v) is 14.7. The molecule has 4 aromatic rings. The predicted octanol–water partition coefficient (Wildman–Crippen LogP) is 4.24. The number of para-hydroxylation sites is 2. The number of fused-ring (bicyclic) bond motifs is 2. The lowest BCUT2D eigenvalue weighted by Gasteiger charge is -2.44. The first kappa shape index (κ1) is 24.4. The number of rotatable bonds is 6. The van der Waals surface area contributed by atoms with Crippen molar-refractivity contribution in [1.29, 1.82) is 0 Å². The molecule has 3 aliphatic rings. The summed E-state index contributed by atoms with van der Waals surface area (Å²) in [4.78, 5) is 26.1. The van der Waals surface area contributed by atoms with E-state index in [1.807, 2.05) is 6.07 Å². The average Bonchev–Trinajstić information content (AvgIpc) is 3.52. The second-order valence-electron chi connectivity index (χ2n) is 11.1. The maximum atomic E-state index is 5.65. The van der Waals surface area contributed by atoms with Gasteiger partial charge in [-0.15, -0.1) is 0 Å². The summed E-state index contributed by atoms with van der Waals surface area (Å²) >= 11 is 1.71. The van der Waals surface area contributed by atoms with Crippen LogP contribution in [0.25, 0.3) is 27.3 Å². The van der Waals surface area contributed by atoms with Crippen LogP contribution in [0.3, 0.4) is 0 Å². The van der Waals surface area contributed by atoms with E-state index in [1.54, 1.807) is 11.3 Å². The van der Waals surface area contributed by atoms with Crippen molar-refractivity contribution in [1.82, 2.24) is 29.4 Å². The van der Waals surface area contributed by atoms with Crippen molar-refractivity contribution in [2.45, 2.75) is 39.2 Å². The highest BCUT2D eigenvalue weighted by molar-refractivity contribution is 7.18. The third-order valence-electron chi connectivity index (χ3n) is 8.16. The highest BCUT2D eigenvalue weighted by Gasteiger charge is 2.34. The summed E-state index contributed by atoms with van der Waals surface area (Å²) < 4.78 is 13.4. The molecule has 9 nitrogen and oxygen atoms in total. The number of hydrogen-bond donors (Lipinski definition) is 0. The van der Waals surface area contributed by atoms with E-state index in [2.05, 4.69) is 46.4 Å². The molecule has 6 heterocycles. The second-order valence-corrected chi connectivity index (χ2v) is 12.1. The van der Waals surface area contributed by atoms with Gasteiger partial charge in [-0.1, -0.05) is 37.3 Å². The largest absolute Gasteiger partial charge is 0.381 e. The third kappa shape index (κ3) is 4.47. The lowest BCUT2D eigenvalue weighted by molar-refractivity contribution is -0.0104. The molecule has 0 spiro atoms. The summed E-state index contributed by atoms with van der Waals surface area (Å²) in [5.41, 5.74) is 2.91. The average molecular weight is 534 g/mol. The summed E-state index contributed by atoms with van der Waals surface area (Å²) in [5.74, 6) is 4.41. The van der Waals surface area contributed by atoms with Crippen LogP contribution in [0.15, 0.2) is 24.3 Å². The summed E-state index contributed by atoms with van der Waals surface area (Å²) in [5, 5.41) is 1.12. The number of morpholine rings is 1. The van der Waals surface area contributed by atoms with Gasteiger partial charge in [0.15, 0.2) is 10.6 Å². The van der Waals surface area contributed by atoms with E-state index in [4.69, 9.17) is 29.4 Å². The van der Waals surface area contributed by atoms with Gasteiger partial charge in [-0.25, -0.2) is 9.97 Å². The van der Waals surface area contributed by atoms with Crippen LogP contribution in [0.4, 0.5) is 5.82 Å². The van der Waals surface area contributed by atoms with Crippen molar-refractivity contribution in [2.24, 2.45) is 11.8 Å². The lowest BCUT2D eigenvalue weighted by atomic mass is 9.81. The van der Waals surface area contributed by atoms with Crippen LogP contribution in [0.2, 0.25) is 0 Å². The number of likely N-dealkylation sites (tertiary alicyclic amines) is 1. The summed E-state index contributed by atoms with van der Waals surface area (Å²) in [7, 11) is 0. The van der Waals surface area contributed by atoms with Crippen molar-refractivity contribution in [3.8, 4) is 5.95 Å². The molecule has 0 amide bonds. The summed E-state index contributed by atoms with van der Waals surface area (Å²) in [6.45, 7) is 12.4. The van der Waals surface area contributed by atoms with Crippen LogP contribution < -0.4 is 4.90 Å². The number of benzene rings is 1. The van der Waals surface area contributed by atoms with E-state index in [9.17, 15) is 0 Å². The standard InChI is InChI=1S/C28H35N7O2S/c1-18(2)25-29-21-5-3-4-6-22(21)35(25)28-31-26(34-9-13-37-14-10-34)24-27(32-28)38-23(30-24)17-33-15-20(16-33)19-7-11-36-12-8-19/h3-6,18-20H,7-17H2,1-2H3. The van der Waals surface area contributed by atoms with E-state index < -0.39 is 0 Å². The Morgan fingerprint density at radius 2 is 1.68 bits per heavy atom. The van der Waals surface area contributed by atoms with Gasteiger partial charge in [0.1, 0.15) is 16.3 Å². The Balaban J connectivity index is 1.24. The van der Waals surface area contributed by atoms with Gasteiger partial charge >= 0.3 is 0 Å². The van der Waals surface area contributed by atoms with Crippen LogP contribution in [-0.4, -0.2) is 82.0 Å². The van der Waals surface area contributed by atoms with E-state index in [0.717, 1.165) is 95.8 Å². The van der Waals surface area contributed by atoms with Gasteiger partial charge in [0.25, 0.3) is 0 Å². The zero-order valence-corrected chi connectivity index (χ0v) is 23.0. The maximum absolute atomic E-state index is 5.65. The van der Waals surface area contributed by atoms with Gasteiger partial charge in [0.05, 0.1) is 30.8 Å². The minimum Gasteiger partial charge on any atom is -0.381 e. The first-order chi connectivity index (χ1) is 18.6. The molecule has 3 aromatic heterocycles. The van der Waals surface area contributed by atoms with Crippen molar-refractivity contribution >= 4 is 38.5 Å². The summed E-state index contributed by atoms with van der Waals surface area (Å²) in [6, 6.07) is 8.25. The molecular weight excluding hydrogens is 498 g/mol. The number of imidazole rings is 1. The molecule has 3 fully saturated rings. The molecule has 3 saturated heterocycles. The fourth-order valence-corrected chi connectivity index (χ4v) is 7.03. The van der Waals surface area contributed by atoms with E-state index in [0.29, 0.717) is 19.2 Å². The van der Waals surface area contributed by atoms with E-state index in [-0.39, 0.29) is 5.92 Å². The Morgan fingerprint density at radius 1 is 0.921 bits per heavy atom. The molecule has 0 N–H and O–H groups in total. The van der Waals surface area contributed by atoms with E-state index in [1.165, 1.54) is 12.8 Å². The van der Waals surface area contributed by atoms with Crippen LogP contribution in [0, 0.1) is 11.8 Å². The molecular formula is C28H35N7O2S. The van der Waals surface area contributed by atoms with Gasteiger partial charge in [0, 0.05) is 45.3 Å². The maximum Gasteiger partial charge on any atom is 0.239 e. The molecule has 0 aliphatic carbocycles. The Labute approximate surface area is 226 Å². The van der Waals surface area contributed by atoms with Crippen molar-refractivity contribution in [3.63, 3.8) is 0 Å². The molecule has 200 valence electrons. The SMILES string of the molecule is CC(C)c1nc2ccccc2n1-c1nc(N2CCOCC2)c2nc(CN3CC(C4CCOCC4)C3)sc2n1. The number of anilines is 1. The molecule has 0 atom stereocenters. The molecule has 0 unspecified atom stereocenters. The number of hydrogen-bond acceptors (Lipinski definition) is 9. The predicted molar refractivity (Wildman–Crippen MR) is 149 cm³/mol. The van der Waals surface area contributed by atoms with Gasteiger partial charge in [0.2, 0.25) is 5.95 Å². The smallest absolute Gasteiger partial charge is 0.239 e. The topological polar surface area (TPSA) is 81.4 Å². The number of thiazole rings is 1. The molecule has 10 heteroatoms. The van der Waals surface area contributed by atoms with Crippen molar-refractivity contribution in [3.05, 3.63) is 35.1 Å². The first-order valence-electron chi connectivity index (χ1n) is 13.9. The van der Waals surface area contributed by atoms with Crippen LogP contribution in [0.1, 0.15) is 43.4 Å². The Bertz CT molecular complexity index is 1430. The minimum atomic E-state index is 0.237. The molecule has 1 aromatic carbocycles. The quantitative estimate of drug-likeness (QED) is 0.364. The van der Waals surface area contributed by atoms with Gasteiger partial charge in [-0.3, -0.25) is 9.47 Å². The molecule has 38 heavy (non-hydrogen) atoms. The number of nitrogens with zero attached hydrogens (tertiary/aromatic N) is 7. The highest BCUT2D eigenvalue weighted by Crippen LogP contribution is 2.35. The third-order valence-corrected chi connectivity index (χ3v) is 9.10. The van der Waals surface area contributed by atoms with Gasteiger partial charge < -0.3 is 14.4 Å². The second kappa shape index (κ2) is 10.1. The molecule has 0 saturated carbocycles. The molecule has 3 aliphatic heterocycles. The molecule has 7 rings (SSSR count). The number of aromatic nitrogens is 5. The fourth-order valence-electron chi connectivity index (χ4n) is 6.06. The summed E-state index contributed by atoms with van der Waals surface area (Å²) in [6.07, 6.45) is 2.42. The van der Waals surface area contributed by atoms with E-state index >= 15 is 0 Å². The Hall–Kier alpha value is -2.66. The highest BCUT2D eigenvalue weighted by atomic mass is 32.1. The Kier molecular flexibility index (Phi) is 6.51. The molecule has 0 bridgehead atoms. The zero-order valence-electron chi connectivity index (χ0n) is 22.2. The fraction of sp³-hybridized carbons (Fsp3) is 0.571.